The van der Waals surface area contributed by atoms with Crippen molar-refractivity contribution >= 4 is 0 Å². The Labute approximate surface area is 59.5 Å². The van der Waals surface area contributed by atoms with Gasteiger partial charge in [0.15, 0.2) is 0 Å². The first kappa shape index (κ1) is 9.36. The lowest BCUT2D eigenvalue weighted by Crippen LogP contribution is -2.33. The van der Waals surface area contributed by atoms with Crippen molar-refractivity contribution in [1.29, 1.82) is 0 Å². The molecule has 0 spiro atoms. The number of hydrogen-bond donors (Lipinski definition) is 1. The van der Waals surface area contributed by atoms with Gasteiger partial charge in [0, 0.05) is 13.2 Å². The minimum atomic E-state index is -2.30. The fourth-order valence-corrected chi connectivity index (χ4v) is 0.555. The maximum atomic E-state index is 11.7. The van der Waals surface area contributed by atoms with Gasteiger partial charge in [-0.05, 0) is 6.92 Å². The van der Waals surface area contributed by atoms with E-state index < -0.39 is 6.43 Å². The summed E-state index contributed by atoms with van der Waals surface area (Å²) in [6, 6.07) is 0. The zero-order valence-corrected chi connectivity index (χ0v) is 6.14. The normalized spacial score (nSPS) is 11.3. The van der Waals surface area contributed by atoms with E-state index in [9.17, 15) is 8.78 Å². The van der Waals surface area contributed by atoms with Gasteiger partial charge >= 0.3 is 0 Å². The number of allylic oxidation sites excluding steroid dienone is 1. The molecule has 2 nitrogen and oxygen atoms in total. The molecule has 60 valence electrons. The van der Waals surface area contributed by atoms with E-state index in [0.29, 0.717) is 0 Å². The lowest BCUT2D eigenvalue weighted by atomic mass is 10.6. The van der Waals surface area contributed by atoms with Gasteiger partial charge in [-0.3, -0.25) is 0 Å². The van der Waals surface area contributed by atoms with Crippen molar-refractivity contribution in [3.63, 3.8) is 0 Å². The van der Waals surface area contributed by atoms with E-state index in [1.165, 1.54) is 5.01 Å². The van der Waals surface area contributed by atoms with Gasteiger partial charge in [0.1, 0.15) is 0 Å². The lowest BCUT2D eigenvalue weighted by Gasteiger charge is -2.17. The summed E-state index contributed by atoms with van der Waals surface area (Å²) in [6.45, 7) is 1.50. The Morgan fingerprint density at radius 3 is 2.50 bits per heavy atom. The fourth-order valence-electron chi connectivity index (χ4n) is 0.555. The third kappa shape index (κ3) is 4.26. The highest BCUT2D eigenvalue weighted by Crippen LogP contribution is 1.94. The van der Waals surface area contributed by atoms with Crippen LogP contribution in [0.25, 0.3) is 0 Å². The van der Waals surface area contributed by atoms with Crippen LogP contribution in [0, 0.1) is 0 Å². The molecular formula is C6H12F2N2. The lowest BCUT2D eigenvalue weighted by molar-refractivity contribution is 0.0929. The fraction of sp³-hybridized carbons (Fsp3) is 0.667. The Bertz CT molecular complexity index is 104. The van der Waals surface area contributed by atoms with Crippen LogP contribution in [0.1, 0.15) is 6.92 Å². The summed E-state index contributed by atoms with van der Waals surface area (Å²) in [5.41, 5.74) is 2.60. The van der Waals surface area contributed by atoms with Crippen molar-refractivity contribution in [2.45, 2.75) is 13.3 Å². The van der Waals surface area contributed by atoms with Crippen LogP contribution in [0.15, 0.2) is 12.3 Å². The number of nitrogens with zero attached hydrogens (tertiary/aromatic N) is 1. The molecule has 0 amide bonds. The number of halogens is 2. The molecule has 0 saturated carbocycles. The molecule has 0 heterocycles. The van der Waals surface area contributed by atoms with E-state index in [-0.39, 0.29) is 6.54 Å². The summed E-state index contributed by atoms with van der Waals surface area (Å²) in [6.07, 6.45) is 0.953. The maximum Gasteiger partial charge on any atom is 0.257 e. The molecule has 4 heteroatoms. The largest absolute Gasteiger partial charge is 0.311 e. The van der Waals surface area contributed by atoms with Crippen LogP contribution >= 0.6 is 0 Å². The number of hydrazine groups is 1. The first-order valence-corrected chi connectivity index (χ1v) is 3.05. The second-order valence-corrected chi connectivity index (χ2v) is 1.75. The highest BCUT2D eigenvalue weighted by molar-refractivity contribution is 4.75. The van der Waals surface area contributed by atoms with Crippen LogP contribution in [0.3, 0.4) is 0 Å². The second-order valence-electron chi connectivity index (χ2n) is 1.75. The number of hydrogen-bond acceptors (Lipinski definition) is 2. The van der Waals surface area contributed by atoms with Gasteiger partial charge < -0.3 is 5.01 Å². The van der Waals surface area contributed by atoms with Gasteiger partial charge in [-0.1, -0.05) is 6.08 Å². The van der Waals surface area contributed by atoms with E-state index in [1.54, 1.807) is 26.2 Å². The molecule has 0 aliphatic heterocycles. The van der Waals surface area contributed by atoms with Crippen LogP contribution in [0.2, 0.25) is 0 Å². The minimum Gasteiger partial charge on any atom is -0.311 e. The van der Waals surface area contributed by atoms with Gasteiger partial charge in [-0.15, -0.1) is 0 Å². The van der Waals surface area contributed by atoms with Crippen molar-refractivity contribution in [1.82, 2.24) is 10.4 Å². The van der Waals surface area contributed by atoms with E-state index in [2.05, 4.69) is 5.43 Å². The van der Waals surface area contributed by atoms with E-state index in [1.807, 2.05) is 0 Å². The Kier molecular flexibility index (Phi) is 4.84. The predicted molar refractivity (Wildman–Crippen MR) is 36.6 cm³/mol. The highest BCUT2D eigenvalue weighted by Gasteiger charge is 2.04. The Hall–Kier alpha value is -0.640. The Morgan fingerprint density at radius 1 is 1.60 bits per heavy atom. The van der Waals surface area contributed by atoms with E-state index in [0.717, 1.165) is 0 Å². The smallest absolute Gasteiger partial charge is 0.257 e. The third-order valence-corrected chi connectivity index (χ3v) is 0.951. The molecule has 0 fully saturated rings. The second kappa shape index (κ2) is 5.17. The molecular weight excluding hydrogens is 138 g/mol. The molecule has 0 rings (SSSR count). The van der Waals surface area contributed by atoms with E-state index >= 15 is 0 Å². The first-order chi connectivity index (χ1) is 4.70. The van der Waals surface area contributed by atoms with Crippen molar-refractivity contribution in [3.05, 3.63) is 12.3 Å². The van der Waals surface area contributed by atoms with Gasteiger partial charge in [-0.25, -0.2) is 14.2 Å². The molecule has 0 saturated heterocycles. The zero-order valence-electron chi connectivity index (χ0n) is 6.14. The number of rotatable bonds is 4. The van der Waals surface area contributed by atoms with Crippen LogP contribution in [0.4, 0.5) is 8.78 Å². The van der Waals surface area contributed by atoms with Crippen LogP contribution in [0.5, 0.6) is 0 Å². The first-order valence-electron chi connectivity index (χ1n) is 3.05. The summed E-state index contributed by atoms with van der Waals surface area (Å²) in [5, 5.41) is 1.32. The van der Waals surface area contributed by atoms with Crippen molar-refractivity contribution in [2.24, 2.45) is 0 Å². The maximum absolute atomic E-state index is 11.7. The molecule has 0 radical (unpaired) electrons. The Morgan fingerprint density at radius 2 is 2.20 bits per heavy atom. The number of alkyl halides is 2. The summed E-state index contributed by atoms with van der Waals surface area (Å²) in [5.74, 6) is 0. The van der Waals surface area contributed by atoms with Crippen LogP contribution in [-0.2, 0) is 0 Å². The monoisotopic (exact) mass is 150 g/mol. The SMILES string of the molecule is C/C=C\N(CC(F)F)NC. The van der Waals surface area contributed by atoms with Gasteiger partial charge in [0.25, 0.3) is 6.43 Å². The predicted octanol–water partition coefficient (Wildman–Crippen LogP) is 1.22. The molecule has 0 aromatic heterocycles. The van der Waals surface area contributed by atoms with Gasteiger partial charge in [-0.2, -0.15) is 0 Å². The molecule has 0 aromatic rings. The molecule has 0 aromatic carbocycles. The molecule has 0 unspecified atom stereocenters. The molecule has 1 N–H and O–H groups in total. The van der Waals surface area contributed by atoms with Crippen molar-refractivity contribution in [2.75, 3.05) is 13.6 Å². The number of nitrogens with one attached hydrogen (secondary N) is 1. The average Bonchev–Trinajstić information content (AvgIpc) is 1.86. The van der Waals surface area contributed by atoms with Crippen LogP contribution < -0.4 is 5.43 Å². The molecule has 0 atom stereocenters. The van der Waals surface area contributed by atoms with Gasteiger partial charge in [0.2, 0.25) is 0 Å². The highest BCUT2D eigenvalue weighted by atomic mass is 19.3. The molecule has 0 aliphatic carbocycles. The average molecular weight is 150 g/mol. The Balaban J connectivity index is 3.60. The molecule has 10 heavy (non-hydrogen) atoms. The van der Waals surface area contributed by atoms with Gasteiger partial charge in [0.05, 0.1) is 6.54 Å². The summed E-state index contributed by atoms with van der Waals surface area (Å²) < 4.78 is 23.4. The molecule has 0 aliphatic rings. The molecule has 0 bridgehead atoms. The van der Waals surface area contributed by atoms with Crippen LogP contribution in [-0.4, -0.2) is 25.0 Å². The summed E-state index contributed by atoms with van der Waals surface area (Å²) in [4.78, 5) is 0. The third-order valence-electron chi connectivity index (χ3n) is 0.951. The standard InChI is InChI=1S/C6H12F2N2/c1-3-4-10(9-2)5-6(7)8/h3-4,6,9H,5H2,1-2H3/b4-3-. The van der Waals surface area contributed by atoms with E-state index in [4.69, 9.17) is 0 Å². The van der Waals surface area contributed by atoms with Crippen molar-refractivity contribution in [3.8, 4) is 0 Å². The quantitative estimate of drug-likeness (QED) is 0.606. The van der Waals surface area contributed by atoms with Crippen molar-refractivity contribution < 1.29 is 8.78 Å². The minimum absolute atomic E-state index is 0.277. The zero-order chi connectivity index (χ0) is 7.98. The topological polar surface area (TPSA) is 15.3 Å². The summed E-state index contributed by atoms with van der Waals surface area (Å²) >= 11 is 0. The summed E-state index contributed by atoms with van der Waals surface area (Å²) in [7, 11) is 1.60.